The Morgan fingerprint density at radius 2 is 2.12 bits per heavy atom. The molecule has 0 saturated carbocycles. The highest BCUT2D eigenvalue weighted by atomic mass is 79.9. The van der Waals surface area contributed by atoms with Gasteiger partial charge >= 0.3 is 0 Å². The first-order chi connectivity index (χ1) is 7.66. The summed E-state index contributed by atoms with van der Waals surface area (Å²) in [5, 5.41) is 6.18. The van der Waals surface area contributed by atoms with E-state index in [0.717, 1.165) is 25.5 Å². The van der Waals surface area contributed by atoms with Crippen molar-refractivity contribution < 1.29 is 0 Å². The van der Waals surface area contributed by atoms with Crippen molar-refractivity contribution in [3.05, 3.63) is 48.5 Å². The van der Waals surface area contributed by atoms with Gasteiger partial charge in [-0.1, -0.05) is 17.7 Å². The molecule has 0 aliphatic carbocycles. The third-order valence-corrected chi connectivity index (χ3v) is 5.01. The maximum absolute atomic E-state index is 6.01. The summed E-state index contributed by atoms with van der Waals surface area (Å²) >= 11 is 14.6. The number of rotatable bonds is 3. The molecular formula is C11H8Br2ClNS. The Kier molecular flexibility index (Phi) is 4.30. The standard InChI is InChI=1S/C11H8Br2ClNS/c12-10-4-7(6-16-10)5-15-9-3-1-2-8(14)11(9)13/h1-4,6,15H,5H2. The minimum Gasteiger partial charge on any atom is -0.380 e. The fraction of sp³-hybridized carbons (Fsp3) is 0.0909. The molecule has 0 atom stereocenters. The molecule has 0 unspecified atom stereocenters. The topological polar surface area (TPSA) is 12.0 Å². The Bertz CT molecular complexity index is 498. The van der Waals surface area contributed by atoms with Crippen LogP contribution in [-0.4, -0.2) is 0 Å². The quantitative estimate of drug-likeness (QED) is 0.736. The van der Waals surface area contributed by atoms with E-state index in [1.165, 1.54) is 5.56 Å². The lowest BCUT2D eigenvalue weighted by molar-refractivity contribution is 1.16. The first-order valence-electron chi connectivity index (χ1n) is 4.57. The van der Waals surface area contributed by atoms with Gasteiger partial charge in [-0.3, -0.25) is 0 Å². The van der Waals surface area contributed by atoms with Gasteiger partial charge in [0.2, 0.25) is 0 Å². The number of halogens is 3. The highest BCUT2D eigenvalue weighted by Gasteiger charge is 2.03. The summed E-state index contributed by atoms with van der Waals surface area (Å²) in [7, 11) is 0. The number of hydrogen-bond donors (Lipinski definition) is 1. The van der Waals surface area contributed by atoms with Crippen LogP contribution in [0.3, 0.4) is 0 Å². The Morgan fingerprint density at radius 3 is 2.81 bits per heavy atom. The maximum atomic E-state index is 6.01. The van der Waals surface area contributed by atoms with Gasteiger partial charge in [0.25, 0.3) is 0 Å². The molecule has 0 amide bonds. The number of anilines is 1. The molecular weight excluding hydrogens is 373 g/mol. The third-order valence-electron chi connectivity index (χ3n) is 2.06. The van der Waals surface area contributed by atoms with E-state index in [0.29, 0.717) is 0 Å². The van der Waals surface area contributed by atoms with Gasteiger partial charge in [0.1, 0.15) is 0 Å². The summed E-state index contributed by atoms with van der Waals surface area (Å²) < 4.78 is 2.06. The van der Waals surface area contributed by atoms with E-state index in [1.54, 1.807) is 11.3 Å². The van der Waals surface area contributed by atoms with Crippen LogP contribution < -0.4 is 5.32 Å². The van der Waals surface area contributed by atoms with Crippen LogP contribution in [0.5, 0.6) is 0 Å². The highest BCUT2D eigenvalue weighted by molar-refractivity contribution is 9.11. The van der Waals surface area contributed by atoms with Gasteiger partial charge < -0.3 is 5.32 Å². The molecule has 0 bridgehead atoms. The molecule has 16 heavy (non-hydrogen) atoms. The molecule has 0 radical (unpaired) electrons. The number of benzene rings is 1. The minimum absolute atomic E-state index is 0.719. The normalized spacial score (nSPS) is 10.4. The van der Waals surface area contributed by atoms with Crippen LogP contribution in [0.2, 0.25) is 5.02 Å². The van der Waals surface area contributed by atoms with E-state index >= 15 is 0 Å². The largest absolute Gasteiger partial charge is 0.380 e. The molecule has 0 saturated heterocycles. The first-order valence-corrected chi connectivity index (χ1v) is 7.42. The van der Waals surface area contributed by atoms with Crippen LogP contribution in [0.25, 0.3) is 0 Å². The van der Waals surface area contributed by atoms with Gasteiger partial charge in [0.15, 0.2) is 0 Å². The Balaban J connectivity index is 2.07. The van der Waals surface area contributed by atoms with Crippen molar-refractivity contribution in [1.29, 1.82) is 0 Å². The Hall–Kier alpha value is -0.0300. The molecule has 2 aromatic rings. The molecule has 1 aromatic carbocycles. The van der Waals surface area contributed by atoms with Crippen LogP contribution in [0.4, 0.5) is 5.69 Å². The van der Waals surface area contributed by atoms with Crippen LogP contribution >= 0.6 is 54.8 Å². The zero-order valence-corrected chi connectivity index (χ0v) is 12.9. The lowest BCUT2D eigenvalue weighted by Crippen LogP contribution is -1.98. The summed E-state index contributed by atoms with van der Waals surface area (Å²) in [6.07, 6.45) is 0. The fourth-order valence-corrected chi connectivity index (χ4v) is 3.06. The van der Waals surface area contributed by atoms with Gasteiger partial charge in [-0.2, -0.15) is 0 Å². The molecule has 0 aliphatic rings. The molecule has 1 N–H and O–H groups in total. The van der Waals surface area contributed by atoms with Crippen LogP contribution in [0.1, 0.15) is 5.56 Å². The zero-order valence-electron chi connectivity index (χ0n) is 8.14. The number of nitrogens with one attached hydrogen (secondary N) is 1. The van der Waals surface area contributed by atoms with Crippen LogP contribution in [0, 0.1) is 0 Å². The smallest absolute Gasteiger partial charge is 0.0701 e. The van der Waals surface area contributed by atoms with Gasteiger partial charge in [0.05, 0.1) is 19.0 Å². The second-order valence-corrected chi connectivity index (χ2v) is 6.70. The predicted octanol–water partition coefficient (Wildman–Crippen LogP) is 5.54. The van der Waals surface area contributed by atoms with Crippen molar-refractivity contribution in [2.24, 2.45) is 0 Å². The molecule has 0 aliphatic heterocycles. The molecule has 84 valence electrons. The van der Waals surface area contributed by atoms with Crippen molar-refractivity contribution in [2.45, 2.75) is 6.54 Å². The summed E-state index contributed by atoms with van der Waals surface area (Å²) in [4.78, 5) is 0. The van der Waals surface area contributed by atoms with E-state index < -0.39 is 0 Å². The van der Waals surface area contributed by atoms with Gasteiger partial charge in [-0.05, 0) is 61.0 Å². The third kappa shape index (κ3) is 3.00. The molecule has 5 heteroatoms. The molecule has 0 fully saturated rings. The average Bonchev–Trinajstić information content (AvgIpc) is 2.67. The van der Waals surface area contributed by atoms with E-state index in [-0.39, 0.29) is 0 Å². The van der Waals surface area contributed by atoms with Gasteiger partial charge in [-0.15, -0.1) is 11.3 Å². The van der Waals surface area contributed by atoms with Crippen LogP contribution in [-0.2, 0) is 6.54 Å². The second kappa shape index (κ2) is 5.54. The van der Waals surface area contributed by atoms with Crippen molar-refractivity contribution >= 4 is 60.5 Å². The fourth-order valence-electron chi connectivity index (χ4n) is 1.28. The molecule has 1 nitrogen and oxygen atoms in total. The second-order valence-electron chi connectivity index (χ2n) is 3.21. The summed E-state index contributed by atoms with van der Waals surface area (Å²) in [6.45, 7) is 0.793. The number of hydrogen-bond acceptors (Lipinski definition) is 2. The minimum atomic E-state index is 0.719. The number of thiophene rings is 1. The van der Waals surface area contributed by atoms with E-state index in [2.05, 4.69) is 48.6 Å². The van der Waals surface area contributed by atoms with E-state index in [1.807, 2.05) is 18.2 Å². The lowest BCUT2D eigenvalue weighted by Gasteiger charge is -2.08. The molecule has 1 aromatic heterocycles. The monoisotopic (exact) mass is 379 g/mol. The SMILES string of the molecule is Clc1cccc(NCc2csc(Br)c2)c1Br. The Morgan fingerprint density at radius 1 is 1.31 bits per heavy atom. The van der Waals surface area contributed by atoms with Crippen molar-refractivity contribution in [1.82, 2.24) is 0 Å². The first kappa shape index (κ1) is 12.4. The molecule has 2 rings (SSSR count). The molecule has 0 spiro atoms. The summed E-state index contributed by atoms with van der Waals surface area (Å²) in [5.74, 6) is 0. The van der Waals surface area contributed by atoms with E-state index in [4.69, 9.17) is 11.6 Å². The van der Waals surface area contributed by atoms with Crippen molar-refractivity contribution in [3.8, 4) is 0 Å². The average molecular weight is 382 g/mol. The summed E-state index contributed by atoms with van der Waals surface area (Å²) in [6, 6.07) is 7.89. The van der Waals surface area contributed by atoms with E-state index in [9.17, 15) is 0 Å². The van der Waals surface area contributed by atoms with Gasteiger partial charge in [-0.25, -0.2) is 0 Å². The lowest BCUT2D eigenvalue weighted by atomic mass is 10.3. The van der Waals surface area contributed by atoms with Crippen molar-refractivity contribution in [2.75, 3.05) is 5.32 Å². The highest BCUT2D eigenvalue weighted by Crippen LogP contribution is 2.30. The predicted molar refractivity (Wildman–Crippen MR) is 78.5 cm³/mol. The molecule has 1 heterocycles. The van der Waals surface area contributed by atoms with Gasteiger partial charge in [0, 0.05) is 6.54 Å². The Labute approximate surface area is 120 Å². The van der Waals surface area contributed by atoms with Crippen LogP contribution in [0.15, 0.2) is 37.9 Å². The maximum Gasteiger partial charge on any atom is 0.0701 e. The summed E-state index contributed by atoms with van der Waals surface area (Å²) in [5.41, 5.74) is 2.26. The van der Waals surface area contributed by atoms with Crippen molar-refractivity contribution in [3.63, 3.8) is 0 Å². The zero-order chi connectivity index (χ0) is 11.5.